The van der Waals surface area contributed by atoms with Crippen molar-refractivity contribution < 1.29 is 37.7 Å². The zero-order valence-electron chi connectivity index (χ0n) is 11.0. The monoisotopic (exact) mass is 182 g/mol. The van der Waals surface area contributed by atoms with E-state index in [1.807, 2.05) is 0 Å². The summed E-state index contributed by atoms with van der Waals surface area (Å²) >= 11 is 0. The van der Waals surface area contributed by atoms with Gasteiger partial charge >= 0.3 is 37.7 Å². The maximum atomic E-state index is 4.29. The van der Waals surface area contributed by atoms with Gasteiger partial charge in [0.1, 0.15) is 0 Å². The van der Waals surface area contributed by atoms with Gasteiger partial charge in [0.25, 0.3) is 0 Å². The molecule has 14 heavy (non-hydrogen) atoms. The first-order valence-corrected chi connectivity index (χ1v) is 4.30. The molecule has 0 unspecified atom stereocenters. The van der Waals surface area contributed by atoms with Crippen molar-refractivity contribution in [3.8, 4) is 0 Å². The first-order chi connectivity index (χ1) is 5.21. The summed E-state index contributed by atoms with van der Waals surface area (Å²) in [6.07, 6.45) is 3.54. The van der Waals surface area contributed by atoms with Crippen LogP contribution < -0.4 is 37.7 Å². The van der Waals surface area contributed by atoms with Crippen molar-refractivity contribution in [1.29, 1.82) is 0 Å². The number of rotatable bonds is 2. The Morgan fingerprint density at radius 2 is 0.857 bits per heavy atom. The van der Waals surface area contributed by atoms with Crippen LogP contribution >= 0.6 is 0 Å². The van der Waals surface area contributed by atoms with Crippen LogP contribution in [-0.4, -0.2) is 11.1 Å². The second-order valence-corrected chi connectivity index (χ2v) is 4.90. The van der Waals surface area contributed by atoms with Crippen molar-refractivity contribution in [2.24, 2.45) is 0 Å². The zero-order chi connectivity index (χ0) is 9.83. The molecule has 0 aliphatic carbocycles. The van der Waals surface area contributed by atoms with E-state index in [-0.39, 0.29) is 48.8 Å². The molecule has 0 fully saturated rings. The predicted molar refractivity (Wildman–Crippen MR) is 55.4 cm³/mol. The third kappa shape index (κ3) is 18.3. The van der Waals surface area contributed by atoms with E-state index in [9.17, 15) is 0 Å². The summed E-state index contributed by atoms with van der Waals surface area (Å²) in [4.78, 5) is 0. The second-order valence-electron chi connectivity index (χ2n) is 4.90. The molecule has 0 spiro atoms. The van der Waals surface area contributed by atoms with Crippen molar-refractivity contribution in [1.82, 2.24) is 0 Å². The molecule has 0 aromatic rings. The standard InChI is InChI=1S/C10H20N2.2Li/c1-9(2,3)11-7-8-12-10(4,5)6;;/h7-8H,1-6H3;;/q-2;2*+1. The Kier molecular flexibility index (Phi) is 11.1. The van der Waals surface area contributed by atoms with E-state index in [1.54, 1.807) is 12.4 Å². The van der Waals surface area contributed by atoms with Gasteiger partial charge in [-0.2, -0.15) is 0 Å². The topological polar surface area (TPSA) is 28.2 Å². The molecule has 0 aliphatic heterocycles. The largest absolute Gasteiger partial charge is 1.00 e. The van der Waals surface area contributed by atoms with Gasteiger partial charge in [-0.05, 0) is 0 Å². The minimum atomic E-state index is 0. The molecule has 0 atom stereocenters. The quantitative estimate of drug-likeness (QED) is 0.434. The maximum absolute atomic E-state index is 4.29. The Morgan fingerprint density at radius 3 is 1.00 bits per heavy atom. The molecule has 72 valence electrons. The first-order valence-electron chi connectivity index (χ1n) is 4.30. The minimum Gasteiger partial charge on any atom is -0.687 e. The molecular formula is C10H20Li2N2. The van der Waals surface area contributed by atoms with Gasteiger partial charge in [-0.1, -0.05) is 41.5 Å². The van der Waals surface area contributed by atoms with E-state index >= 15 is 0 Å². The fourth-order valence-electron chi connectivity index (χ4n) is 0.514. The van der Waals surface area contributed by atoms with Crippen LogP contribution in [0.5, 0.6) is 0 Å². The van der Waals surface area contributed by atoms with Crippen LogP contribution in [0.25, 0.3) is 10.6 Å². The van der Waals surface area contributed by atoms with Gasteiger partial charge in [0.05, 0.1) is 0 Å². The third-order valence-electron chi connectivity index (χ3n) is 0.990. The Labute approximate surface area is 113 Å². The molecule has 0 N–H and O–H groups in total. The van der Waals surface area contributed by atoms with Crippen molar-refractivity contribution in [2.45, 2.75) is 52.6 Å². The van der Waals surface area contributed by atoms with Crippen molar-refractivity contribution in [3.63, 3.8) is 0 Å². The molecule has 0 saturated heterocycles. The SMILES string of the molecule is CC(C)(C)[N-]C=C[N-]C(C)(C)C.[Li+].[Li+]. The van der Waals surface area contributed by atoms with Gasteiger partial charge < -0.3 is 10.6 Å². The molecule has 0 aromatic carbocycles. The average Bonchev–Trinajstić information content (AvgIpc) is 1.76. The van der Waals surface area contributed by atoms with E-state index < -0.39 is 0 Å². The van der Waals surface area contributed by atoms with Gasteiger partial charge in [-0.15, -0.1) is 11.1 Å². The predicted octanol–water partition coefficient (Wildman–Crippen LogP) is -2.19. The second kappa shape index (κ2) is 7.78. The first kappa shape index (κ1) is 20.0. The van der Waals surface area contributed by atoms with Crippen LogP contribution in [-0.2, 0) is 0 Å². The molecular weight excluding hydrogens is 162 g/mol. The summed E-state index contributed by atoms with van der Waals surface area (Å²) in [6, 6.07) is 0. The summed E-state index contributed by atoms with van der Waals surface area (Å²) in [5, 5.41) is 8.57. The molecule has 0 bridgehead atoms. The Hall–Kier alpha value is 0.535. The Morgan fingerprint density at radius 1 is 0.643 bits per heavy atom. The average molecular weight is 182 g/mol. The summed E-state index contributed by atoms with van der Waals surface area (Å²) in [7, 11) is 0. The van der Waals surface area contributed by atoms with Crippen LogP contribution in [0.1, 0.15) is 41.5 Å². The molecule has 0 aromatic heterocycles. The molecule has 0 rings (SSSR count). The van der Waals surface area contributed by atoms with Gasteiger partial charge in [-0.25, -0.2) is 12.4 Å². The zero-order valence-corrected chi connectivity index (χ0v) is 11.0. The number of hydrogen-bond donors (Lipinski definition) is 0. The maximum Gasteiger partial charge on any atom is 1.00 e. The number of hydrogen-bond acceptors (Lipinski definition) is 0. The molecule has 0 saturated carbocycles. The summed E-state index contributed by atoms with van der Waals surface area (Å²) < 4.78 is 0. The third-order valence-corrected chi connectivity index (χ3v) is 0.990. The van der Waals surface area contributed by atoms with Gasteiger partial charge in [-0.3, -0.25) is 0 Å². The fraction of sp³-hybridized carbons (Fsp3) is 0.800. The van der Waals surface area contributed by atoms with Crippen molar-refractivity contribution in [2.75, 3.05) is 0 Å². The normalized spacial score (nSPS) is 11.6. The smallest absolute Gasteiger partial charge is 0.687 e. The number of nitrogens with zero attached hydrogens (tertiary/aromatic N) is 2. The molecule has 0 radical (unpaired) electrons. The van der Waals surface area contributed by atoms with Crippen LogP contribution in [0.15, 0.2) is 12.4 Å². The summed E-state index contributed by atoms with van der Waals surface area (Å²) in [6.45, 7) is 12.4. The van der Waals surface area contributed by atoms with Gasteiger partial charge in [0, 0.05) is 0 Å². The van der Waals surface area contributed by atoms with E-state index in [4.69, 9.17) is 0 Å². The molecule has 2 nitrogen and oxygen atoms in total. The van der Waals surface area contributed by atoms with E-state index in [2.05, 4.69) is 52.2 Å². The Balaban J connectivity index is -0.000000605. The van der Waals surface area contributed by atoms with E-state index in [0.717, 1.165) is 0 Å². The van der Waals surface area contributed by atoms with Crippen LogP contribution in [0.4, 0.5) is 0 Å². The van der Waals surface area contributed by atoms with Crippen molar-refractivity contribution >= 4 is 0 Å². The molecule has 0 amide bonds. The fourth-order valence-corrected chi connectivity index (χ4v) is 0.514. The van der Waals surface area contributed by atoms with Crippen molar-refractivity contribution in [3.05, 3.63) is 23.0 Å². The van der Waals surface area contributed by atoms with Gasteiger partial charge in [0.15, 0.2) is 0 Å². The minimum absolute atomic E-state index is 0. The molecule has 0 heterocycles. The Bertz CT molecular complexity index is 136. The molecule has 0 aliphatic rings. The summed E-state index contributed by atoms with van der Waals surface area (Å²) in [5.41, 5.74) is 0.00775. The van der Waals surface area contributed by atoms with Gasteiger partial charge in [0.2, 0.25) is 0 Å². The van der Waals surface area contributed by atoms with Crippen LogP contribution in [0.2, 0.25) is 0 Å². The molecule has 4 heteroatoms. The van der Waals surface area contributed by atoms with E-state index in [0.29, 0.717) is 0 Å². The summed E-state index contributed by atoms with van der Waals surface area (Å²) in [5.74, 6) is 0. The van der Waals surface area contributed by atoms with Crippen LogP contribution in [0.3, 0.4) is 0 Å². The van der Waals surface area contributed by atoms with E-state index in [1.165, 1.54) is 0 Å². The van der Waals surface area contributed by atoms with Crippen LogP contribution in [0, 0.1) is 0 Å².